The van der Waals surface area contributed by atoms with E-state index in [0.717, 1.165) is 12.8 Å². The summed E-state index contributed by atoms with van der Waals surface area (Å²) < 4.78 is 4.70. The van der Waals surface area contributed by atoms with E-state index in [1.165, 1.54) is 13.3 Å². The summed E-state index contributed by atoms with van der Waals surface area (Å²) >= 11 is 0. The topological polar surface area (TPSA) is 26.3 Å². The molecule has 0 aromatic rings. The van der Waals surface area contributed by atoms with Gasteiger partial charge in [0.25, 0.3) is 0 Å². The largest absolute Gasteiger partial charge is 0.466 e. The molecule has 0 atom stereocenters. The van der Waals surface area contributed by atoms with Crippen molar-refractivity contribution >= 4 is 5.97 Å². The number of carbonyl (C=O) groups is 1. The maximum absolute atomic E-state index is 10.2. The Balaban J connectivity index is 0. The van der Waals surface area contributed by atoms with Crippen LogP contribution in [0.5, 0.6) is 0 Å². The normalized spacial score (nSPS) is 8.20. The maximum atomic E-state index is 10.2. The molecule has 10 heavy (non-hydrogen) atoms. The Hall–Kier alpha value is -0.0235. The summed E-state index contributed by atoms with van der Waals surface area (Å²) in [6.07, 6.45) is 3.31. The predicted octanol–water partition coefficient (Wildman–Crippen LogP) is 1.74. The Morgan fingerprint density at radius 3 is 2.40 bits per heavy atom. The van der Waals surface area contributed by atoms with Gasteiger partial charge in [-0.3, -0.25) is 4.79 Å². The third-order valence-electron chi connectivity index (χ3n) is 1.05. The predicted molar refractivity (Wildman–Crippen MR) is 36.2 cm³/mol. The first-order valence-corrected chi connectivity index (χ1v) is 3.40. The smallest absolute Gasteiger partial charge is 0.302 e. The molecule has 0 aromatic heterocycles. The molecule has 0 aliphatic rings. The number of unbranched alkanes of at least 4 members (excludes halogenated alkanes) is 2. The molecule has 0 saturated carbocycles. The molecule has 0 heterocycles. The van der Waals surface area contributed by atoms with Gasteiger partial charge in [0.05, 0.1) is 6.61 Å². The monoisotopic (exact) mass is 189 g/mol. The van der Waals surface area contributed by atoms with E-state index in [9.17, 15) is 4.79 Å². The Bertz CT molecular complexity index is 83.7. The quantitative estimate of drug-likeness (QED) is 0.497. The van der Waals surface area contributed by atoms with Crippen LogP contribution in [-0.2, 0) is 26.3 Å². The number of esters is 1. The van der Waals surface area contributed by atoms with Gasteiger partial charge in [0.15, 0.2) is 0 Å². The minimum absolute atomic E-state index is 0. The van der Waals surface area contributed by atoms with Crippen LogP contribution in [0.1, 0.15) is 33.1 Å². The van der Waals surface area contributed by atoms with Gasteiger partial charge in [0, 0.05) is 23.7 Å². The first-order chi connectivity index (χ1) is 4.27. The van der Waals surface area contributed by atoms with Crippen molar-refractivity contribution in [3.05, 3.63) is 0 Å². The second kappa shape index (κ2) is 8.98. The van der Waals surface area contributed by atoms with Gasteiger partial charge >= 0.3 is 5.97 Å². The molecule has 3 heteroatoms. The van der Waals surface area contributed by atoms with Gasteiger partial charge in [0.2, 0.25) is 0 Å². The molecule has 0 aromatic carbocycles. The van der Waals surface area contributed by atoms with E-state index in [1.54, 1.807) is 0 Å². The number of rotatable bonds is 4. The van der Waals surface area contributed by atoms with Gasteiger partial charge < -0.3 is 4.74 Å². The minimum Gasteiger partial charge on any atom is -0.466 e. The summed E-state index contributed by atoms with van der Waals surface area (Å²) in [7, 11) is 0. The Labute approximate surface area is 72.5 Å². The second-order valence-corrected chi connectivity index (χ2v) is 2.05. The van der Waals surface area contributed by atoms with Crippen molar-refractivity contribution in [1.82, 2.24) is 0 Å². The molecule has 0 fully saturated rings. The summed E-state index contributed by atoms with van der Waals surface area (Å²) in [5.41, 5.74) is 0. The maximum Gasteiger partial charge on any atom is 0.302 e. The minimum atomic E-state index is -0.175. The molecule has 0 bridgehead atoms. The van der Waals surface area contributed by atoms with Crippen LogP contribution in [0, 0.1) is 0 Å². The average Bonchev–Trinajstić information content (AvgIpc) is 1.80. The van der Waals surface area contributed by atoms with Crippen molar-refractivity contribution in [1.29, 1.82) is 0 Å². The summed E-state index contributed by atoms with van der Waals surface area (Å²) in [5.74, 6) is -0.175. The van der Waals surface area contributed by atoms with Crippen LogP contribution in [0.25, 0.3) is 0 Å². The molecular weight excluding hydrogens is 175 g/mol. The van der Waals surface area contributed by atoms with Crippen molar-refractivity contribution in [2.45, 2.75) is 33.1 Å². The number of ether oxygens (including phenoxy) is 1. The molecule has 0 N–H and O–H groups in total. The van der Waals surface area contributed by atoms with E-state index in [4.69, 9.17) is 4.74 Å². The van der Waals surface area contributed by atoms with Gasteiger partial charge in [-0.05, 0) is 6.42 Å². The van der Waals surface area contributed by atoms with Crippen LogP contribution in [0.3, 0.4) is 0 Å². The molecule has 0 aliphatic heterocycles. The molecule has 0 spiro atoms. The van der Waals surface area contributed by atoms with E-state index in [-0.39, 0.29) is 22.7 Å². The van der Waals surface area contributed by atoms with Crippen molar-refractivity contribution in [3.8, 4) is 0 Å². The molecule has 63 valence electrons. The van der Waals surface area contributed by atoms with Crippen molar-refractivity contribution in [2.75, 3.05) is 6.61 Å². The van der Waals surface area contributed by atoms with Crippen LogP contribution in [0.4, 0.5) is 0 Å². The van der Waals surface area contributed by atoms with Gasteiger partial charge in [-0.15, -0.1) is 0 Å². The number of carbonyl (C=O) groups excluding carboxylic acids is 1. The van der Waals surface area contributed by atoms with Crippen LogP contribution >= 0.6 is 0 Å². The average molecular weight is 189 g/mol. The number of hydrogen-bond donors (Lipinski definition) is 0. The zero-order valence-corrected chi connectivity index (χ0v) is 7.52. The Morgan fingerprint density at radius 2 is 2.00 bits per heavy atom. The van der Waals surface area contributed by atoms with Crippen molar-refractivity contribution in [3.63, 3.8) is 0 Å². The molecule has 0 rings (SSSR count). The molecular formula is C7H14CoO2. The SMILES string of the molecule is CCCCCOC(C)=O.[Co]. The summed E-state index contributed by atoms with van der Waals surface area (Å²) in [4.78, 5) is 10.2. The van der Waals surface area contributed by atoms with Gasteiger partial charge in [-0.1, -0.05) is 19.8 Å². The Kier molecular flexibility index (Phi) is 11.3. The Morgan fingerprint density at radius 1 is 1.40 bits per heavy atom. The summed E-state index contributed by atoms with van der Waals surface area (Å²) in [6.45, 7) is 4.14. The first-order valence-electron chi connectivity index (χ1n) is 3.40. The van der Waals surface area contributed by atoms with E-state index >= 15 is 0 Å². The van der Waals surface area contributed by atoms with E-state index < -0.39 is 0 Å². The van der Waals surface area contributed by atoms with Gasteiger partial charge in [-0.25, -0.2) is 0 Å². The van der Waals surface area contributed by atoms with E-state index in [1.807, 2.05) is 0 Å². The van der Waals surface area contributed by atoms with Gasteiger partial charge in [0.1, 0.15) is 0 Å². The van der Waals surface area contributed by atoms with Gasteiger partial charge in [-0.2, -0.15) is 0 Å². The van der Waals surface area contributed by atoms with Crippen LogP contribution in [0.2, 0.25) is 0 Å². The van der Waals surface area contributed by atoms with E-state index in [2.05, 4.69) is 6.92 Å². The fourth-order valence-electron chi connectivity index (χ4n) is 0.568. The fraction of sp³-hybridized carbons (Fsp3) is 0.857. The second-order valence-electron chi connectivity index (χ2n) is 2.05. The zero-order chi connectivity index (χ0) is 7.11. The zero-order valence-electron chi connectivity index (χ0n) is 6.48. The van der Waals surface area contributed by atoms with Crippen molar-refractivity contribution < 1.29 is 26.3 Å². The van der Waals surface area contributed by atoms with Crippen LogP contribution in [0.15, 0.2) is 0 Å². The third-order valence-corrected chi connectivity index (χ3v) is 1.05. The number of hydrogen-bond acceptors (Lipinski definition) is 2. The fourth-order valence-corrected chi connectivity index (χ4v) is 0.568. The molecule has 0 unspecified atom stereocenters. The third kappa shape index (κ3) is 10.9. The van der Waals surface area contributed by atoms with Crippen LogP contribution in [-0.4, -0.2) is 12.6 Å². The molecule has 0 amide bonds. The standard InChI is InChI=1S/C7H14O2.Co/c1-3-4-5-6-9-7(2)8;/h3-6H2,1-2H3;. The molecule has 0 aliphatic carbocycles. The van der Waals surface area contributed by atoms with E-state index in [0.29, 0.717) is 6.61 Å². The molecule has 0 saturated heterocycles. The first kappa shape index (κ1) is 12.6. The molecule has 2 nitrogen and oxygen atoms in total. The summed E-state index contributed by atoms with van der Waals surface area (Å²) in [6, 6.07) is 0. The van der Waals surface area contributed by atoms with Crippen LogP contribution < -0.4 is 0 Å². The summed E-state index contributed by atoms with van der Waals surface area (Å²) in [5, 5.41) is 0. The van der Waals surface area contributed by atoms with Crippen molar-refractivity contribution in [2.24, 2.45) is 0 Å². The molecule has 1 radical (unpaired) electrons.